The third-order valence-corrected chi connectivity index (χ3v) is 2.43. The molecule has 0 heterocycles. The van der Waals surface area contributed by atoms with Gasteiger partial charge in [0.25, 0.3) is 0 Å². The van der Waals surface area contributed by atoms with E-state index < -0.39 is 5.97 Å². The molecule has 86 valence electrons. The molecular formula is C12H10N2O3. The van der Waals surface area contributed by atoms with Crippen molar-refractivity contribution in [2.45, 2.75) is 0 Å². The van der Waals surface area contributed by atoms with Crippen LogP contribution in [-0.4, -0.2) is 23.2 Å². The van der Waals surface area contributed by atoms with Gasteiger partial charge in [-0.1, -0.05) is 24.3 Å². The largest absolute Gasteiger partial charge is 0.506 e. The number of carboxylic acids is 1. The van der Waals surface area contributed by atoms with Gasteiger partial charge in [-0.2, -0.15) is 10.2 Å². The molecule has 0 aromatic heterocycles. The molecule has 5 nitrogen and oxygen atoms in total. The maximum atomic E-state index is 11.0. The first-order valence-corrected chi connectivity index (χ1v) is 4.93. The molecule has 0 unspecified atom stereocenters. The van der Waals surface area contributed by atoms with Crippen LogP contribution in [0.25, 0.3) is 10.8 Å². The van der Waals surface area contributed by atoms with E-state index >= 15 is 0 Å². The highest BCUT2D eigenvalue weighted by Gasteiger charge is 2.15. The first kappa shape index (κ1) is 11.1. The Bertz CT molecular complexity index is 620. The summed E-state index contributed by atoms with van der Waals surface area (Å²) < 4.78 is 0. The van der Waals surface area contributed by atoms with Gasteiger partial charge in [0.2, 0.25) is 0 Å². The predicted octanol–water partition coefficient (Wildman–Crippen LogP) is 2.96. The third kappa shape index (κ3) is 1.82. The molecule has 0 spiro atoms. The summed E-state index contributed by atoms with van der Waals surface area (Å²) in [4.78, 5) is 11.0. The van der Waals surface area contributed by atoms with E-state index in [1.165, 1.54) is 13.1 Å². The summed E-state index contributed by atoms with van der Waals surface area (Å²) in [6.07, 6.45) is 0. The van der Waals surface area contributed by atoms with Crippen LogP contribution in [0.2, 0.25) is 0 Å². The molecule has 0 aliphatic rings. The van der Waals surface area contributed by atoms with Gasteiger partial charge in [0.15, 0.2) is 0 Å². The van der Waals surface area contributed by atoms with Gasteiger partial charge >= 0.3 is 5.97 Å². The number of phenols is 1. The number of hydrogen-bond donors (Lipinski definition) is 2. The van der Waals surface area contributed by atoms with Gasteiger partial charge in [-0.25, -0.2) is 4.79 Å². The predicted molar refractivity (Wildman–Crippen MR) is 63.0 cm³/mol. The molecule has 5 heteroatoms. The van der Waals surface area contributed by atoms with Crippen molar-refractivity contribution in [3.8, 4) is 5.75 Å². The second-order valence-electron chi connectivity index (χ2n) is 3.44. The van der Waals surface area contributed by atoms with Crippen molar-refractivity contribution in [1.29, 1.82) is 0 Å². The van der Waals surface area contributed by atoms with Gasteiger partial charge in [-0.15, -0.1) is 0 Å². The Hall–Kier alpha value is -2.43. The van der Waals surface area contributed by atoms with Crippen LogP contribution >= 0.6 is 0 Å². The summed E-state index contributed by atoms with van der Waals surface area (Å²) in [5, 5.41) is 27.5. The summed E-state index contributed by atoms with van der Waals surface area (Å²) in [6, 6.07) is 8.22. The average molecular weight is 230 g/mol. The van der Waals surface area contributed by atoms with Gasteiger partial charge in [0.05, 0.1) is 5.69 Å². The van der Waals surface area contributed by atoms with E-state index in [2.05, 4.69) is 10.2 Å². The molecule has 0 bridgehead atoms. The van der Waals surface area contributed by atoms with Crippen molar-refractivity contribution < 1.29 is 15.0 Å². The highest BCUT2D eigenvalue weighted by Crippen LogP contribution is 2.36. The smallest absolute Gasteiger partial charge is 0.339 e. The number of carbonyl (C=O) groups is 1. The minimum atomic E-state index is -1.19. The molecule has 0 fully saturated rings. The van der Waals surface area contributed by atoms with E-state index in [1.54, 1.807) is 24.3 Å². The molecule has 2 aromatic carbocycles. The lowest BCUT2D eigenvalue weighted by atomic mass is 10.0. The van der Waals surface area contributed by atoms with Crippen molar-refractivity contribution in [2.75, 3.05) is 7.05 Å². The van der Waals surface area contributed by atoms with Crippen molar-refractivity contribution in [3.05, 3.63) is 35.9 Å². The Morgan fingerprint density at radius 2 is 1.88 bits per heavy atom. The summed E-state index contributed by atoms with van der Waals surface area (Å²) in [6.45, 7) is 0. The third-order valence-electron chi connectivity index (χ3n) is 2.43. The standard InChI is InChI=1S/C12H10N2O3/c1-13-14-10-6-9(12(16)17)11(15)8-5-3-2-4-7(8)10/h2-6,15H,1H3,(H,16,17)/b14-13-. The minimum Gasteiger partial charge on any atom is -0.506 e. The Kier molecular flexibility index (Phi) is 2.74. The van der Waals surface area contributed by atoms with Crippen LogP contribution in [0.5, 0.6) is 5.75 Å². The van der Waals surface area contributed by atoms with Gasteiger partial charge in [-0.05, 0) is 6.07 Å². The first-order chi connectivity index (χ1) is 8.15. The SMILES string of the molecule is C/N=N\c1cc(C(=O)O)c(O)c2ccccc12. The Morgan fingerprint density at radius 3 is 2.47 bits per heavy atom. The van der Waals surface area contributed by atoms with Crippen LogP contribution in [0, 0.1) is 0 Å². The Morgan fingerprint density at radius 1 is 1.24 bits per heavy atom. The van der Waals surface area contributed by atoms with E-state index in [9.17, 15) is 9.90 Å². The van der Waals surface area contributed by atoms with E-state index in [-0.39, 0.29) is 11.3 Å². The lowest BCUT2D eigenvalue weighted by molar-refractivity contribution is 0.0694. The van der Waals surface area contributed by atoms with Crippen molar-refractivity contribution in [1.82, 2.24) is 0 Å². The number of azo groups is 1. The van der Waals surface area contributed by atoms with Crippen LogP contribution in [-0.2, 0) is 0 Å². The molecule has 0 aliphatic heterocycles. The molecule has 2 aromatic rings. The van der Waals surface area contributed by atoms with Crippen LogP contribution in [0.3, 0.4) is 0 Å². The minimum absolute atomic E-state index is 0.175. The second-order valence-corrected chi connectivity index (χ2v) is 3.44. The second kappa shape index (κ2) is 4.21. The molecule has 2 rings (SSSR count). The van der Waals surface area contributed by atoms with Gasteiger partial charge in [0.1, 0.15) is 11.3 Å². The number of aromatic hydroxyl groups is 1. The Labute approximate surface area is 97.0 Å². The fourth-order valence-corrected chi connectivity index (χ4v) is 1.69. The average Bonchev–Trinajstić information content (AvgIpc) is 2.33. The number of nitrogens with zero attached hydrogens (tertiary/aromatic N) is 2. The molecule has 0 saturated carbocycles. The van der Waals surface area contributed by atoms with E-state index in [4.69, 9.17) is 5.11 Å². The highest BCUT2D eigenvalue weighted by atomic mass is 16.4. The summed E-state index contributed by atoms with van der Waals surface area (Å²) in [5.41, 5.74) is 0.254. The van der Waals surface area contributed by atoms with E-state index in [0.29, 0.717) is 16.5 Å². The van der Waals surface area contributed by atoms with Gasteiger partial charge in [0, 0.05) is 17.8 Å². The maximum absolute atomic E-state index is 11.0. The molecule has 0 saturated heterocycles. The number of hydrogen-bond acceptors (Lipinski definition) is 4. The fourth-order valence-electron chi connectivity index (χ4n) is 1.69. The van der Waals surface area contributed by atoms with Crippen molar-refractivity contribution >= 4 is 22.4 Å². The summed E-state index contributed by atoms with van der Waals surface area (Å²) >= 11 is 0. The fraction of sp³-hybridized carbons (Fsp3) is 0.0833. The first-order valence-electron chi connectivity index (χ1n) is 4.93. The number of fused-ring (bicyclic) bond motifs is 1. The summed E-state index contributed by atoms with van der Waals surface area (Å²) in [5.74, 6) is -1.44. The quantitative estimate of drug-likeness (QED) is 0.778. The van der Waals surface area contributed by atoms with Gasteiger partial charge in [-0.3, -0.25) is 0 Å². The molecule has 2 N–H and O–H groups in total. The zero-order valence-corrected chi connectivity index (χ0v) is 9.08. The Balaban J connectivity index is 2.89. The van der Waals surface area contributed by atoms with Crippen LogP contribution in [0.15, 0.2) is 40.6 Å². The van der Waals surface area contributed by atoms with E-state index in [0.717, 1.165) is 0 Å². The molecule has 0 amide bonds. The van der Waals surface area contributed by atoms with Crippen LogP contribution < -0.4 is 0 Å². The van der Waals surface area contributed by atoms with E-state index in [1.807, 2.05) is 0 Å². The zero-order chi connectivity index (χ0) is 12.4. The molecular weight excluding hydrogens is 220 g/mol. The number of rotatable bonds is 2. The van der Waals surface area contributed by atoms with Crippen molar-refractivity contribution in [3.63, 3.8) is 0 Å². The molecule has 0 atom stereocenters. The zero-order valence-electron chi connectivity index (χ0n) is 9.08. The molecule has 0 aliphatic carbocycles. The number of aromatic carboxylic acids is 1. The highest BCUT2D eigenvalue weighted by molar-refractivity contribution is 6.05. The van der Waals surface area contributed by atoms with Crippen LogP contribution in [0.4, 0.5) is 5.69 Å². The molecule has 0 radical (unpaired) electrons. The molecule has 17 heavy (non-hydrogen) atoms. The number of carboxylic acid groups (broad SMARTS) is 1. The topological polar surface area (TPSA) is 82.2 Å². The van der Waals surface area contributed by atoms with Crippen LogP contribution in [0.1, 0.15) is 10.4 Å². The normalized spacial score (nSPS) is 11.1. The lowest BCUT2D eigenvalue weighted by Crippen LogP contribution is -1.97. The lowest BCUT2D eigenvalue weighted by Gasteiger charge is -2.06. The maximum Gasteiger partial charge on any atom is 0.339 e. The van der Waals surface area contributed by atoms with Crippen molar-refractivity contribution in [2.24, 2.45) is 10.2 Å². The van der Waals surface area contributed by atoms with Gasteiger partial charge < -0.3 is 10.2 Å². The monoisotopic (exact) mass is 230 g/mol. The number of benzene rings is 2. The summed E-state index contributed by atoms with van der Waals surface area (Å²) in [7, 11) is 1.50.